The predicted octanol–water partition coefficient (Wildman–Crippen LogP) is 4.61. The molecule has 0 fully saturated rings. The van der Waals surface area contributed by atoms with Gasteiger partial charge in [-0.1, -0.05) is 44.2 Å². The number of unbranched alkanes of at least 4 members (excludes halogenated alkanes) is 3. The Kier molecular flexibility index (Phi) is 6.50. The van der Waals surface area contributed by atoms with E-state index in [0.717, 1.165) is 18.5 Å². The van der Waals surface area contributed by atoms with Crippen molar-refractivity contribution in [3.8, 4) is 6.07 Å². The molecule has 17 heavy (non-hydrogen) atoms. The fourth-order valence-corrected chi connectivity index (χ4v) is 1.82. The molecule has 0 aliphatic carbocycles. The second-order valence-corrected chi connectivity index (χ2v) is 4.62. The van der Waals surface area contributed by atoms with E-state index in [1.54, 1.807) is 0 Å². The number of hydrogen-bond acceptors (Lipinski definition) is 2. The van der Waals surface area contributed by atoms with Crippen LogP contribution in [-0.4, -0.2) is 6.04 Å². The van der Waals surface area contributed by atoms with Crippen LogP contribution in [0.2, 0.25) is 5.02 Å². The van der Waals surface area contributed by atoms with Crippen molar-refractivity contribution in [3.63, 3.8) is 0 Å². The molecule has 1 aromatic carbocycles. The first-order valence-corrected chi connectivity index (χ1v) is 6.55. The molecule has 1 aromatic rings. The molecular formula is C14H19ClN2. The SMILES string of the molecule is CCCCCCC(C#N)Nc1ccc(Cl)cc1. The molecule has 0 saturated heterocycles. The lowest BCUT2D eigenvalue weighted by molar-refractivity contribution is 0.618. The van der Waals surface area contributed by atoms with Gasteiger partial charge in [0.2, 0.25) is 0 Å². The summed E-state index contributed by atoms with van der Waals surface area (Å²) < 4.78 is 0. The monoisotopic (exact) mass is 250 g/mol. The lowest BCUT2D eigenvalue weighted by atomic mass is 10.1. The molecule has 0 saturated carbocycles. The van der Waals surface area contributed by atoms with Crippen molar-refractivity contribution in [2.75, 3.05) is 5.32 Å². The number of anilines is 1. The molecule has 92 valence electrons. The summed E-state index contributed by atoms with van der Waals surface area (Å²) in [5.41, 5.74) is 0.955. The highest BCUT2D eigenvalue weighted by molar-refractivity contribution is 6.30. The first kappa shape index (κ1) is 13.9. The van der Waals surface area contributed by atoms with E-state index in [4.69, 9.17) is 16.9 Å². The van der Waals surface area contributed by atoms with Gasteiger partial charge in [0.05, 0.1) is 6.07 Å². The van der Waals surface area contributed by atoms with Crippen LogP contribution in [0, 0.1) is 11.3 Å². The average molecular weight is 251 g/mol. The molecule has 3 heteroatoms. The smallest absolute Gasteiger partial charge is 0.114 e. The van der Waals surface area contributed by atoms with Crippen LogP contribution in [0.4, 0.5) is 5.69 Å². The molecule has 0 radical (unpaired) electrons. The molecule has 0 aliphatic rings. The standard InChI is InChI=1S/C14H19ClN2/c1-2-3-4-5-6-14(11-16)17-13-9-7-12(15)8-10-13/h7-10,14,17H,2-6H2,1H3. The highest BCUT2D eigenvalue weighted by Crippen LogP contribution is 2.16. The molecule has 1 N–H and O–H groups in total. The molecule has 0 aromatic heterocycles. The van der Waals surface area contributed by atoms with Crippen molar-refractivity contribution in [1.82, 2.24) is 0 Å². The zero-order valence-electron chi connectivity index (χ0n) is 10.2. The number of nitrogens with zero attached hydrogens (tertiary/aromatic N) is 1. The molecule has 1 rings (SSSR count). The van der Waals surface area contributed by atoms with Crippen molar-refractivity contribution in [2.45, 2.75) is 45.1 Å². The Balaban J connectivity index is 2.36. The number of nitrogens with one attached hydrogen (secondary N) is 1. The Morgan fingerprint density at radius 1 is 1.24 bits per heavy atom. The summed E-state index contributed by atoms with van der Waals surface area (Å²) in [5, 5.41) is 13.0. The summed E-state index contributed by atoms with van der Waals surface area (Å²) in [4.78, 5) is 0. The average Bonchev–Trinajstić information content (AvgIpc) is 2.35. The third-order valence-corrected chi connectivity index (χ3v) is 2.94. The van der Waals surface area contributed by atoms with Gasteiger partial charge in [0.1, 0.15) is 6.04 Å². The Morgan fingerprint density at radius 3 is 2.53 bits per heavy atom. The molecule has 0 bridgehead atoms. The van der Waals surface area contributed by atoms with E-state index in [9.17, 15) is 0 Å². The molecule has 0 spiro atoms. The van der Waals surface area contributed by atoms with Crippen molar-refractivity contribution >= 4 is 17.3 Å². The first-order valence-electron chi connectivity index (χ1n) is 6.18. The van der Waals surface area contributed by atoms with Gasteiger partial charge < -0.3 is 5.32 Å². The van der Waals surface area contributed by atoms with Gasteiger partial charge in [-0.05, 0) is 30.7 Å². The van der Waals surface area contributed by atoms with E-state index in [-0.39, 0.29) is 6.04 Å². The summed E-state index contributed by atoms with van der Waals surface area (Å²) in [7, 11) is 0. The second kappa shape index (κ2) is 7.97. The van der Waals surface area contributed by atoms with Crippen LogP contribution in [0.15, 0.2) is 24.3 Å². The van der Waals surface area contributed by atoms with Gasteiger partial charge in [0, 0.05) is 10.7 Å². The van der Waals surface area contributed by atoms with Crippen molar-refractivity contribution in [3.05, 3.63) is 29.3 Å². The van der Waals surface area contributed by atoms with E-state index in [2.05, 4.69) is 18.3 Å². The van der Waals surface area contributed by atoms with E-state index >= 15 is 0 Å². The van der Waals surface area contributed by atoms with E-state index in [0.29, 0.717) is 5.02 Å². The van der Waals surface area contributed by atoms with E-state index < -0.39 is 0 Å². The number of benzene rings is 1. The maximum Gasteiger partial charge on any atom is 0.114 e. The van der Waals surface area contributed by atoms with Crippen LogP contribution >= 0.6 is 11.6 Å². The van der Waals surface area contributed by atoms with Crippen LogP contribution in [-0.2, 0) is 0 Å². The topological polar surface area (TPSA) is 35.8 Å². The van der Waals surface area contributed by atoms with Crippen LogP contribution in [0.25, 0.3) is 0 Å². The summed E-state index contributed by atoms with van der Waals surface area (Å²) in [6, 6.07) is 9.65. The second-order valence-electron chi connectivity index (χ2n) is 4.18. The summed E-state index contributed by atoms with van der Waals surface area (Å²) >= 11 is 5.81. The van der Waals surface area contributed by atoms with Gasteiger partial charge in [-0.3, -0.25) is 0 Å². The Labute approximate surface area is 109 Å². The summed E-state index contributed by atoms with van der Waals surface area (Å²) in [5.74, 6) is 0. The number of rotatable bonds is 7. The first-order chi connectivity index (χ1) is 8.26. The highest BCUT2D eigenvalue weighted by atomic mass is 35.5. The molecule has 2 nitrogen and oxygen atoms in total. The van der Waals surface area contributed by atoms with Gasteiger partial charge in [-0.2, -0.15) is 5.26 Å². The quantitative estimate of drug-likeness (QED) is 0.717. The van der Waals surface area contributed by atoms with Gasteiger partial charge in [0.15, 0.2) is 0 Å². The Morgan fingerprint density at radius 2 is 1.94 bits per heavy atom. The van der Waals surface area contributed by atoms with Gasteiger partial charge in [-0.25, -0.2) is 0 Å². The number of hydrogen-bond donors (Lipinski definition) is 1. The van der Waals surface area contributed by atoms with Crippen LogP contribution in [0.1, 0.15) is 39.0 Å². The molecule has 0 aliphatic heterocycles. The highest BCUT2D eigenvalue weighted by Gasteiger charge is 2.06. The minimum Gasteiger partial charge on any atom is -0.370 e. The minimum atomic E-state index is -0.104. The number of nitriles is 1. The van der Waals surface area contributed by atoms with Gasteiger partial charge in [-0.15, -0.1) is 0 Å². The van der Waals surface area contributed by atoms with E-state index in [1.165, 1.54) is 19.3 Å². The van der Waals surface area contributed by atoms with Crippen molar-refractivity contribution in [2.24, 2.45) is 0 Å². The third kappa shape index (κ3) is 5.60. The van der Waals surface area contributed by atoms with Crippen LogP contribution in [0.5, 0.6) is 0 Å². The van der Waals surface area contributed by atoms with Crippen molar-refractivity contribution < 1.29 is 0 Å². The lowest BCUT2D eigenvalue weighted by Crippen LogP contribution is -2.16. The largest absolute Gasteiger partial charge is 0.370 e. The van der Waals surface area contributed by atoms with Crippen LogP contribution < -0.4 is 5.32 Å². The molecule has 1 atom stereocenters. The molecule has 0 amide bonds. The van der Waals surface area contributed by atoms with Gasteiger partial charge >= 0.3 is 0 Å². The predicted molar refractivity (Wildman–Crippen MR) is 73.2 cm³/mol. The van der Waals surface area contributed by atoms with Gasteiger partial charge in [0.25, 0.3) is 0 Å². The zero-order valence-corrected chi connectivity index (χ0v) is 11.0. The molecule has 1 unspecified atom stereocenters. The minimum absolute atomic E-state index is 0.104. The van der Waals surface area contributed by atoms with Crippen LogP contribution in [0.3, 0.4) is 0 Å². The maximum atomic E-state index is 9.06. The number of halogens is 1. The lowest BCUT2D eigenvalue weighted by Gasteiger charge is -2.12. The molecule has 0 heterocycles. The summed E-state index contributed by atoms with van der Waals surface area (Å²) in [6.45, 7) is 2.19. The Hall–Kier alpha value is -1.20. The van der Waals surface area contributed by atoms with Crippen molar-refractivity contribution in [1.29, 1.82) is 5.26 Å². The fourth-order valence-electron chi connectivity index (χ4n) is 1.69. The van der Waals surface area contributed by atoms with E-state index in [1.807, 2.05) is 24.3 Å². The summed E-state index contributed by atoms with van der Waals surface area (Å²) in [6.07, 6.45) is 5.68. The zero-order chi connectivity index (χ0) is 12.5. The Bertz CT molecular complexity index is 353. The fraction of sp³-hybridized carbons (Fsp3) is 0.500. The maximum absolute atomic E-state index is 9.06. The third-order valence-electron chi connectivity index (χ3n) is 2.69. The normalized spacial score (nSPS) is 11.8. The molecular weight excluding hydrogens is 232 g/mol.